The Morgan fingerprint density at radius 3 is 2.60 bits per heavy atom. The molecule has 1 aliphatic heterocycles. The summed E-state index contributed by atoms with van der Waals surface area (Å²) in [6.45, 7) is 6.85. The van der Waals surface area contributed by atoms with Gasteiger partial charge in [0.25, 0.3) is 5.91 Å². The van der Waals surface area contributed by atoms with Crippen LogP contribution < -0.4 is 10.6 Å². The van der Waals surface area contributed by atoms with Crippen LogP contribution in [0.15, 0.2) is 24.3 Å². The number of rotatable bonds is 5. The second-order valence-corrected chi connectivity index (χ2v) is 5.80. The van der Waals surface area contributed by atoms with E-state index in [1.54, 1.807) is 0 Å². The number of hydrogen-bond acceptors (Lipinski definition) is 3. The van der Waals surface area contributed by atoms with Crippen molar-refractivity contribution in [3.05, 3.63) is 35.4 Å². The van der Waals surface area contributed by atoms with Gasteiger partial charge in [0, 0.05) is 37.3 Å². The minimum absolute atomic E-state index is 0.00343. The van der Waals surface area contributed by atoms with Crippen LogP contribution in [-0.2, 0) is 0 Å². The lowest BCUT2D eigenvalue weighted by atomic mass is 10.1. The van der Waals surface area contributed by atoms with E-state index in [0.717, 1.165) is 18.7 Å². The molecule has 2 atom stereocenters. The van der Waals surface area contributed by atoms with Crippen LogP contribution >= 0.6 is 0 Å². The molecule has 1 aromatic carbocycles. The number of likely N-dealkylation sites (N-methyl/N-ethyl adjacent to an activating group) is 1. The van der Waals surface area contributed by atoms with Crippen molar-refractivity contribution in [2.75, 3.05) is 26.7 Å². The van der Waals surface area contributed by atoms with Gasteiger partial charge in [0.05, 0.1) is 0 Å². The third-order valence-corrected chi connectivity index (χ3v) is 4.04. The molecule has 2 rings (SSSR count). The maximum absolute atomic E-state index is 11.9. The monoisotopic (exact) mass is 275 g/mol. The van der Waals surface area contributed by atoms with Crippen LogP contribution in [0.5, 0.6) is 0 Å². The van der Waals surface area contributed by atoms with Crippen molar-refractivity contribution in [2.45, 2.75) is 32.4 Å². The number of nitrogens with one attached hydrogen (secondary N) is 2. The first-order chi connectivity index (χ1) is 9.56. The van der Waals surface area contributed by atoms with Gasteiger partial charge in [-0.1, -0.05) is 17.7 Å². The van der Waals surface area contributed by atoms with Crippen LogP contribution in [0.1, 0.15) is 29.3 Å². The fourth-order valence-corrected chi connectivity index (χ4v) is 2.60. The summed E-state index contributed by atoms with van der Waals surface area (Å²) in [7, 11) is 2.16. The highest BCUT2D eigenvalue weighted by Gasteiger charge is 2.25. The predicted octanol–water partition coefficient (Wildman–Crippen LogP) is 1.41. The van der Waals surface area contributed by atoms with E-state index in [1.807, 2.05) is 31.2 Å². The Bertz CT molecular complexity index is 434. The van der Waals surface area contributed by atoms with Crippen molar-refractivity contribution >= 4 is 5.91 Å². The van der Waals surface area contributed by atoms with Crippen molar-refractivity contribution in [1.29, 1.82) is 0 Å². The smallest absolute Gasteiger partial charge is 0.251 e. The topological polar surface area (TPSA) is 44.4 Å². The quantitative estimate of drug-likeness (QED) is 0.799. The van der Waals surface area contributed by atoms with Crippen LogP contribution in [0.25, 0.3) is 0 Å². The molecule has 0 saturated carbocycles. The predicted molar refractivity (Wildman–Crippen MR) is 82.0 cm³/mol. The molecule has 1 amide bonds. The highest BCUT2D eigenvalue weighted by Crippen LogP contribution is 2.14. The number of carbonyl (C=O) groups is 1. The first-order valence-electron chi connectivity index (χ1n) is 7.35. The standard InChI is InChI=1S/C16H25N3O/c1-12-4-6-14(7-5-12)16(20)18-9-8-17-15-10-13(2)19(3)11-15/h4-7,13,15,17H,8-11H2,1-3H3,(H,18,20). The summed E-state index contributed by atoms with van der Waals surface area (Å²) in [5.74, 6) is 0.00343. The molecular formula is C16H25N3O. The van der Waals surface area contributed by atoms with E-state index in [4.69, 9.17) is 0 Å². The fourth-order valence-electron chi connectivity index (χ4n) is 2.60. The van der Waals surface area contributed by atoms with E-state index < -0.39 is 0 Å². The Balaban J connectivity index is 1.66. The molecule has 1 aliphatic rings. The van der Waals surface area contributed by atoms with Crippen LogP contribution in [0, 0.1) is 6.92 Å². The summed E-state index contributed by atoms with van der Waals surface area (Å²) in [5, 5.41) is 6.45. The van der Waals surface area contributed by atoms with Gasteiger partial charge in [-0.15, -0.1) is 0 Å². The molecule has 1 saturated heterocycles. The second kappa shape index (κ2) is 6.86. The molecule has 0 bridgehead atoms. The Labute approximate surface area is 121 Å². The molecule has 0 aromatic heterocycles. The Morgan fingerprint density at radius 2 is 2.00 bits per heavy atom. The molecule has 2 N–H and O–H groups in total. The zero-order chi connectivity index (χ0) is 14.5. The molecule has 1 aromatic rings. The number of aryl methyl sites for hydroxylation is 1. The zero-order valence-corrected chi connectivity index (χ0v) is 12.6. The molecule has 110 valence electrons. The van der Waals surface area contributed by atoms with Crippen molar-refractivity contribution in [2.24, 2.45) is 0 Å². The minimum Gasteiger partial charge on any atom is -0.351 e. The van der Waals surface area contributed by atoms with Crippen molar-refractivity contribution in [1.82, 2.24) is 15.5 Å². The maximum Gasteiger partial charge on any atom is 0.251 e. The number of amides is 1. The summed E-state index contributed by atoms with van der Waals surface area (Å²) < 4.78 is 0. The van der Waals surface area contributed by atoms with Gasteiger partial charge in [-0.25, -0.2) is 0 Å². The second-order valence-electron chi connectivity index (χ2n) is 5.80. The lowest BCUT2D eigenvalue weighted by Gasteiger charge is -2.13. The summed E-state index contributed by atoms with van der Waals surface area (Å²) in [6, 6.07) is 8.85. The largest absolute Gasteiger partial charge is 0.351 e. The number of hydrogen-bond donors (Lipinski definition) is 2. The molecule has 1 fully saturated rings. The number of nitrogens with zero attached hydrogens (tertiary/aromatic N) is 1. The number of likely N-dealkylation sites (tertiary alicyclic amines) is 1. The average molecular weight is 275 g/mol. The van der Waals surface area contributed by atoms with Crippen molar-refractivity contribution in [3.63, 3.8) is 0 Å². The van der Waals surface area contributed by atoms with E-state index >= 15 is 0 Å². The van der Waals surface area contributed by atoms with Crippen molar-refractivity contribution in [3.8, 4) is 0 Å². The van der Waals surface area contributed by atoms with Crippen molar-refractivity contribution < 1.29 is 4.79 Å². The van der Waals surface area contributed by atoms with Crippen LogP contribution in [0.3, 0.4) is 0 Å². The maximum atomic E-state index is 11.9. The average Bonchev–Trinajstić information content (AvgIpc) is 2.74. The summed E-state index contributed by atoms with van der Waals surface area (Å²) in [4.78, 5) is 14.3. The first kappa shape index (κ1) is 15.0. The van der Waals surface area contributed by atoms with Gasteiger partial charge in [-0.2, -0.15) is 0 Å². The highest BCUT2D eigenvalue weighted by molar-refractivity contribution is 5.94. The highest BCUT2D eigenvalue weighted by atomic mass is 16.1. The molecule has 4 nitrogen and oxygen atoms in total. The van der Waals surface area contributed by atoms with E-state index in [-0.39, 0.29) is 5.91 Å². The molecule has 0 spiro atoms. The molecule has 0 radical (unpaired) electrons. The van der Waals surface area contributed by atoms with Gasteiger partial charge in [0.2, 0.25) is 0 Å². The minimum atomic E-state index is 0.00343. The van der Waals surface area contributed by atoms with Crippen LogP contribution in [0.4, 0.5) is 0 Å². The Morgan fingerprint density at radius 1 is 1.30 bits per heavy atom. The van der Waals surface area contributed by atoms with E-state index in [1.165, 1.54) is 12.0 Å². The lowest BCUT2D eigenvalue weighted by Crippen LogP contribution is -2.38. The molecule has 4 heteroatoms. The molecular weight excluding hydrogens is 250 g/mol. The Kier molecular flexibility index (Phi) is 5.15. The van der Waals surface area contributed by atoms with Gasteiger partial charge in [-0.3, -0.25) is 4.79 Å². The fraction of sp³-hybridized carbons (Fsp3) is 0.562. The van der Waals surface area contributed by atoms with Crippen LogP contribution in [0.2, 0.25) is 0 Å². The molecule has 1 heterocycles. The third-order valence-electron chi connectivity index (χ3n) is 4.04. The molecule has 2 unspecified atom stereocenters. The summed E-state index contributed by atoms with van der Waals surface area (Å²) >= 11 is 0. The SMILES string of the molecule is Cc1ccc(C(=O)NCCNC2CC(C)N(C)C2)cc1. The van der Waals surface area contributed by atoms with Gasteiger partial charge in [-0.05, 0) is 39.4 Å². The summed E-state index contributed by atoms with van der Waals surface area (Å²) in [5.41, 5.74) is 1.90. The van der Waals surface area contributed by atoms with Gasteiger partial charge in [0.15, 0.2) is 0 Å². The van der Waals surface area contributed by atoms with Crippen LogP contribution in [-0.4, -0.2) is 49.6 Å². The van der Waals surface area contributed by atoms with Gasteiger partial charge >= 0.3 is 0 Å². The van der Waals surface area contributed by atoms with Gasteiger partial charge in [0.1, 0.15) is 0 Å². The molecule has 20 heavy (non-hydrogen) atoms. The van der Waals surface area contributed by atoms with E-state index in [0.29, 0.717) is 18.6 Å². The zero-order valence-electron chi connectivity index (χ0n) is 12.6. The third kappa shape index (κ3) is 4.05. The molecule has 0 aliphatic carbocycles. The number of carbonyl (C=O) groups excluding carboxylic acids is 1. The van der Waals surface area contributed by atoms with E-state index in [9.17, 15) is 4.79 Å². The number of benzene rings is 1. The summed E-state index contributed by atoms with van der Waals surface area (Å²) in [6.07, 6.45) is 1.18. The lowest BCUT2D eigenvalue weighted by molar-refractivity contribution is 0.0953. The first-order valence-corrected chi connectivity index (χ1v) is 7.35. The Hall–Kier alpha value is -1.39. The normalized spacial score (nSPS) is 22.9. The van der Waals surface area contributed by atoms with Gasteiger partial charge < -0.3 is 15.5 Å². The van der Waals surface area contributed by atoms with E-state index in [2.05, 4.69) is 29.5 Å².